The molecule has 0 fully saturated rings. The minimum Gasteiger partial charge on any atom is -0.454 e. The second-order valence-corrected chi connectivity index (χ2v) is 6.30. The number of hydrogen-bond donors (Lipinski definition) is 1. The summed E-state index contributed by atoms with van der Waals surface area (Å²) in [5.41, 5.74) is 1.89. The molecule has 27 heavy (non-hydrogen) atoms. The fourth-order valence-electron chi connectivity index (χ4n) is 2.84. The Balaban J connectivity index is 1.37. The van der Waals surface area contributed by atoms with Gasteiger partial charge >= 0.3 is 0 Å². The van der Waals surface area contributed by atoms with E-state index in [0.29, 0.717) is 36.1 Å². The summed E-state index contributed by atoms with van der Waals surface area (Å²) < 4.78 is 16.0. The van der Waals surface area contributed by atoms with Crippen LogP contribution in [0.2, 0.25) is 0 Å². The molecule has 7 nitrogen and oxygen atoms in total. The maximum Gasteiger partial charge on any atom is 0.249 e. The van der Waals surface area contributed by atoms with Gasteiger partial charge in [-0.25, -0.2) is 0 Å². The Kier molecular flexibility index (Phi) is 4.74. The molecule has 1 N–H and O–H groups in total. The van der Waals surface area contributed by atoms with Gasteiger partial charge in [0.2, 0.25) is 24.4 Å². The van der Waals surface area contributed by atoms with Crippen LogP contribution in [0.5, 0.6) is 11.5 Å². The molecule has 1 aromatic heterocycles. The van der Waals surface area contributed by atoms with Crippen molar-refractivity contribution in [3.8, 4) is 22.9 Å². The molecular weight excluding hydrogens is 346 g/mol. The summed E-state index contributed by atoms with van der Waals surface area (Å²) in [7, 11) is 0. The van der Waals surface area contributed by atoms with E-state index >= 15 is 0 Å². The van der Waals surface area contributed by atoms with Crippen molar-refractivity contribution < 1.29 is 18.8 Å². The molecule has 0 spiro atoms. The quantitative estimate of drug-likeness (QED) is 0.721. The molecule has 138 valence electrons. The highest BCUT2D eigenvalue weighted by atomic mass is 16.7. The van der Waals surface area contributed by atoms with Crippen molar-refractivity contribution in [3.05, 3.63) is 60.0 Å². The van der Waals surface area contributed by atoms with Crippen LogP contribution in [0.4, 0.5) is 0 Å². The number of amides is 1. The van der Waals surface area contributed by atoms with E-state index in [4.69, 9.17) is 14.0 Å². The van der Waals surface area contributed by atoms with E-state index in [2.05, 4.69) is 15.5 Å². The minimum atomic E-state index is -0.372. The summed E-state index contributed by atoms with van der Waals surface area (Å²) in [5, 5.41) is 6.89. The number of rotatable bonds is 6. The molecule has 3 aromatic rings. The van der Waals surface area contributed by atoms with Gasteiger partial charge in [0.25, 0.3) is 0 Å². The van der Waals surface area contributed by atoms with Gasteiger partial charge in [-0.2, -0.15) is 4.98 Å². The molecule has 7 heteroatoms. The lowest BCUT2D eigenvalue weighted by atomic mass is 10.1. The number of aromatic nitrogens is 2. The highest BCUT2D eigenvalue weighted by Crippen LogP contribution is 2.35. The molecule has 1 atom stereocenters. The van der Waals surface area contributed by atoms with Crippen LogP contribution in [0.25, 0.3) is 11.4 Å². The van der Waals surface area contributed by atoms with Crippen molar-refractivity contribution in [2.45, 2.75) is 25.8 Å². The van der Waals surface area contributed by atoms with Crippen molar-refractivity contribution in [1.82, 2.24) is 15.5 Å². The van der Waals surface area contributed by atoms with E-state index in [9.17, 15) is 4.79 Å². The fraction of sp³-hybridized carbons (Fsp3) is 0.250. The summed E-state index contributed by atoms with van der Waals surface area (Å²) in [4.78, 5) is 16.6. The third-order valence-electron chi connectivity index (χ3n) is 4.30. The predicted molar refractivity (Wildman–Crippen MR) is 97.2 cm³/mol. The van der Waals surface area contributed by atoms with Gasteiger partial charge < -0.3 is 19.3 Å². The van der Waals surface area contributed by atoms with Crippen LogP contribution in [-0.2, 0) is 11.2 Å². The number of hydrogen-bond acceptors (Lipinski definition) is 6. The molecule has 1 amide bonds. The lowest BCUT2D eigenvalue weighted by Gasteiger charge is -2.09. The van der Waals surface area contributed by atoms with E-state index in [1.165, 1.54) is 0 Å². The number of ether oxygens (including phenoxy) is 2. The standard InChI is InChI=1S/C20H19N3O4/c1-13(21-18(24)10-7-14-5-3-2-4-6-14)20-22-19(23-27-20)15-8-9-16-17(11-15)26-12-25-16/h2-6,8-9,11,13H,7,10,12H2,1H3,(H,21,24)/t13-/m1/s1. The van der Waals surface area contributed by atoms with E-state index in [1.54, 1.807) is 6.07 Å². The first-order valence-corrected chi connectivity index (χ1v) is 8.76. The van der Waals surface area contributed by atoms with Gasteiger partial charge in [0.05, 0.1) is 0 Å². The summed E-state index contributed by atoms with van der Waals surface area (Å²) in [5.74, 6) is 2.08. The molecule has 2 heterocycles. The van der Waals surface area contributed by atoms with E-state index in [1.807, 2.05) is 49.4 Å². The Hall–Kier alpha value is -3.35. The van der Waals surface area contributed by atoms with Crippen LogP contribution in [0.1, 0.15) is 30.8 Å². The largest absolute Gasteiger partial charge is 0.454 e. The topological polar surface area (TPSA) is 86.5 Å². The van der Waals surface area contributed by atoms with Gasteiger partial charge in [0, 0.05) is 12.0 Å². The van der Waals surface area contributed by atoms with Gasteiger partial charge in [0.1, 0.15) is 6.04 Å². The average Bonchev–Trinajstić information content (AvgIpc) is 3.36. The summed E-state index contributed by atoms with van der Waals surface area (Å²) >= 11 is 0. The van der Waals surface area contributed by atoms with Crippen LogP contribution < -0.4 is 14.8 Å². The van der Waals surface area contributed by atoms with Gasteiger partial charge in [-0.1, -0.05) is 35.5 Å². The maximum atomic E-state index is 12.2. The van der Waals surface area contributed by atoms with Gasteiger partial charge in [0.15, 0.2) is 11.5 Å². The van der Waals surface area contributed by atoms with Crippen LogP contribution >= 0.6 is 0 Å². The van der Waals surface area contributed by atoms with Gasteiger partial charge in [-0.3, -0.25) is 4.79 Å². The van der Waals surface area contributed by atoms with Crippen molar-refractivity contribution in [3.63, 3.8) is 0 Å². The highest BCUT2D eigenvalue weighted by molar-refractivity contribution is 5.76. The number of carbonyl (C=O) groups is 1. The van der Waals surface area contributed by atoms with Crippen molar-refractivity contribution >= 4 is 5.91 Å². The number of nitrogens with one attached hydrogen (secondary N) is 1. The van der Waals surface area contributed by atoms with E-state index < -0.39 is 0 Å². The molecule has 1 aliphatic rings. The van der Waals surface area contributed by atoms with E-state index in [-0.39, 0.29) is 18.7 Å². The molecule has 1 aliphatic heterocycles. The number of nitrogens with zero attached hydrogens (tertiary/aromatic N) is 2. The first kappa shape index (κ1) is 17.1. The second-order valence-electron chi connectivity index (χ2n) is 6.30. The molecular formula is C20H19N3O4. The Labute approximate surface area is 156 Å². The van der Waals surface area contributed by atoms with E-state index in [0.717, 1.165) is 11.1 Å². The zero-order valence-corrected chi connectivity index (χ0v) is 14.8. The SMILES string of the molecule is C[C@@H](NC(=O)CCc1ccccc1)c1nc(-c2ccc3c(c2)OCO3)no1. The van der Waals surface area contributed by atoms with Crippen molar-refractivity contribution in [2.75, 3.05) is 6.79 Å². The molecule has 2 aromatic carbocycles. The smallest absolute Gasteiger partial charge is 0.249 e. The average molecular weight is 365 g/mol. The normalized spacial score (nSPS) is 13.4. The molecule has 0 saturated carbocycles. The zero-order valence-electron chi connectivity index (χ0n) is 14.8. The highest BCUT2D eigenvalue weighted by Gasteiger charge is 2.19. The molecule has 0 unspecified atom stereocenters. The van der Waals surface area contributed by atoms with Crippen LogP contribution in [0.15, 0.2) is 53.1 Å². The number of carbonyl (C=O) groups excluding carboxylic acids is 1. The predicted octanol–water partition coefficient (Wildman–Crippen LogP) is 3.28. The van der Waals surface area contributed by atoms with Gasteiger partial charge in [-0.05, 0) is 37.1 Å². The molecule has 0 saturated heterocycles. The lowest BCUT2D eigenvalue weighted by molar-refractivity contribution is -0.121. The summed E-state index contributed by atoms with van der Waals surface area (Å²) in [6.07, 6.45) is 1.09. The molecule has 0 aliphatic carbocycles. The number of aryl methyl sites for hydroxylation is 1. The third kappa shape index (κ3) is 3.92. The first-order valence-electron chi connectivity index (χ1n) is 8.76. The monoisotopic (exact) mass is 365 g/mol. The van der Waals surface area contributed by atoms with Crippen molar-refractivity contribution in [1.29, 1.82) is 0 Å². The Morgan fingerprint density at radius 1 is 1.15 bits per heavy atom. The Morgan fingerprint density at radius 2 is 1.96 bits per heavy atom. The van der Waals surface area contributed by atoms with Gasteiger partial charge in [-0.15, -0.1) is 0 Å². The molecule has 4 rings (SSSR count). The summed E-state index contributed by atoms with van der Waals surface area (Å²) in [6, 6.07) is 15.0. The first-order chi connectivity index (χ1) is 13.2. The van der Waals surface area contributed by atoms with Crippen LogP contribution in [-0.4, -0.2) is 22.8 Å². The van der Waals surface area contributed by atoms with Crippen LogP contribution in [0, 0.1) is 0 Å². The second kappa shape index (κ2) is 7.49. The Bertz CT molecular complexity index is 939. The van der Waals surface area contributed by atoms with Crippen molar-refractivity contribution in [2.24, 2.45) is 0 Å². The zero-order chi connectivity index (χ0) is 18.6. The Morgan fingerprint density at radius 3 is 2.81 bits per heavy atom. The number of benzene rings is 2. The summed E-state index contributed by atoms with van der Waals surface area (Å²) in [6.45, 7) is 2.03. The molecule has 0 radical (unpaired) electrons. The fourth-order valence-corrected chi connectivity index (χ4v) is 2.84. The minimum absolute atomic E-state index is 0.0609. The maximum absolute atomic E-state index is 12.2. The van der Waals surface area contributed by atoms with Crippen LogP contribution in [0.3, 0.4) is 0 Å². The lowest BCUT2D eigenvalue weighted by Crippen LogP contribution is -2.27. The molecule has 0 bridgehead atoms. The number of fused-ring (bicyclic) bond motifs is 1. The third-order valence-corrected chi connectivity index (χ3v) is 4.30.